The lowest BCUT2D eigenvalue weighted by Crippen LogP contribution is -2.41. The number of ether oxygens (including phenoxy) is 1. The average molecular weight is 221 g/mol. The van der Waals surface area contributed by atoms with Gasteiger partial charge in [0.25, 0.3) is 0 Å². The fourth-order valence-electron chi connectivity index (χ4n) is 2.10. The van der Waals surface area contributed by atoms with Crippen molar-refractivity contribution in [3.05, 3.63) is 35.9 Å². The molecule has 0 fully saturated rings. The van der Waals surface area contributed by atoms with Gasteiger partial charge in [0.15, 0.2) is 0 Å². The molecular formula is C14H23NO. The number of hydrogen-bond donors (Lipinski definition) is 1. The average Bonchev–Trinajstić information content (AvgIpc) is 2.36. The second kappa shape index (κ2) is 6.66. The van der Waals surface area contributed by atoms with Gasteiger partial charge in [-0.3, -0.25) is 0 Å². The molecule has 16 heavy (non-hydrogen) atoms. The van der Waals surface area contributed by atoms with Gasteiger partial charge < -0.3 is 10.1 Å². The van der Waals surface area contributed by atoms with Gasteiger partial charge in [0.1, 0.15) is 0 Å². The zero-order valence-electron chi connectivity index (χ0n) is 10.6. The molecule has 0 aliphatic heterocycles. The van der Waals surface area contributed by atoms with Crippen LogP contribution >= 0.6 is 0 Å². The number of rotatable bonds is 7. The minimum Gasteiger partial charge on any atom is -0.384 e. The van der Waals surface area contributed by atoms with Gasteiger partial charge in [-0.1, -0.05) is 44.2 Å². The summed E-state index contributed by atoms with van der Waals surface area (Å²) < 4.78 is 5.41. The van der Waals surface area contributed by atoms with Crippen LogP contribution in [-0.4, -0.2) is 26.8 Å². The Labute approximate surface area is 99.0 Å². The predicted molar refractivity (Wildman–Crippen MR) is 68.8 cm³/mol. The Morgan fingerprint density at radius 1 is 1.19 bits per heavy atom. The summed E-state index contributed by atoms with van der Waals surface area (Å²) in [5.74, 6) is 0. The van der Waals surface area contributed by atoms with E-state index in [1.54, 1.807) is 7.11 Å². The first-order valence-electron chi connectivity index (χ1n) is 6.04. The van der Waals surface area contributed by atoms with E-state index in [-0.39, 0.29) is 5.41 Å². The maximum Gasteiger partial charge on any atom is 0.0571 e. The van der Waals surface area contributed by atoms with Gasteiger partial charge in [-0.15, -0.1) is 0 Å². The molecule has 0 radical (unpaired) electrons. The maximum absolute atomic E-state index is 5.41. The van der Waals surface area contributed by atoms with Gasteiger partial charge in [-0.05, 0) is 18.5 Å². The molecular weight excluding hydrogens is 198 g/mol. The summed E-state index contributed by atoms with van der Waals surface area (Å²) in [6.07, 6.45) is 1.08. The van der Waals surface area contributed by atoms with Crippen LogP contribution in [0.2, 0.25) is 0 Å². The fraction of sp³-hybridized carbons (Fsp3) is 0.571. The van der Waals surface area contributed by atoms with Crippen molar-refractivity contribution in [3.8, 4) is 0 Å². The van der Waals surface area contributed by atoms with E-state index >= 15 is 0 Å². The van der Waals surface area contributed by atoms with Gasteiger partial charge in [-0.25, -0.2) is 0 Å². The molecule has 1 aromatic carbocycles. The first-order chi connectivity index (χ1) is 7.79. The Morgan fingerprint density at radius 3 is 2.38 bits per heavy atom. The van der Waals surface area contributed by atoms with Crippen LogP contribution in [0, 0.1) is 0 Å². The Kier molecular flexibility index (Phi) is 5.50. The summed E-state index contributed by atoms with van der Waals surface area (Å²) in [7, 11) is 1.78. The van der Waals surface area contributed by atoms with E-state index in [0.717, 1.165) is 26.1 Å². The first kappa shape index (κ1) is 13.2. The summed E-state index contributed by atoms with van der Waals surface area (Å²) in [6.45, 7) is 7.10. The third-order valence-electron chi connectivity index (χ3n) is 3.20. The van der Waals surface area contributed by atoms with Crippen LogP contribution in [0.5, 0.6) is 0 Å². The SMILES string of the molecule is CCNCC(CC)(COC)c1ccccc1. The molecule has 2 heteroatoms. The summed E-state index contributed by atoms with van der Waals surface area (Å²) >= 11 is 0. The molecule has 0 heterocycles. The molecule has 1 rings (SSSR count). The zero-order valence-corrected chi connectivity index (χ0v) is 10.6. The Morgan fingerprint density at radius 2 is 1.88 bits per heavy atom. The van der Waals surface area contributed by atoms with Crippen LogP contribution < -0.4 is 5.32 Å². The lowest BCUT2D eigenvalue weighted by Gasteiger charge is -2.33. The van der Waals surface area contributed by atoms with E-state index < -0.39 is 0 Å². The van der Waals surface area contributed by atoms with E-state index in [9.17, 15) is 0 Å². The van der Waals surface area contributed by atoms with Crippen LogP contribution in [-0.2, 0) is 10.2 Å². The second-order valence-corrected chi connectivity index (χ2v) is 4.21. The zero-order chi connectivity index (χ0) is 11.9. The molecule has 1 aromatic rings. The predicted octanol–water partition coefficient (Wildman–Crippen LogP) is 2.59. The highest BCUT2D eigenvalue weighted by Gasteiger charge is 2.29. The lowest BCUT2D eigenvalue weighted by molar-refractivity contribution is 0.125. The molecule has 0 saturated carbocycles. The minimum atomic E-state index is 0.103. The minimum absolute atomic E-state index is 0.103. The number of nitrogens with one attached hydrogen (secondary N) is 1. The second-order valence-electron chi connectivity index (χ2n) is 4.21. The molecule has 1 N–H and O–H groups in total. The molecule has 1 atom stereocenters. The van der Waals surface area contributed by atoms with Crippen molar-refractivity contribution in [2.75, 3.05) is 26.8 Å². The van der Waals surface area contributed by atoms with E-state index in [1.807, 2.05) is 0 Å². The van der Waals surface area contributed by atoms with Crippen molar-refractivity contribution in [1.29, 1.82) is 0 Å². The molecule has 2 nitrogen and oxygen atoms in total. The fourth-order valence-corrected chi connectivity index (χ4v) is 2.10. The van der Waals surface area contributed by atoms with Crippen molar-refractivity contribution < 1.29 is 4.74 Å². The van der Waals surface area contributed by atoms with E-state index in [1.165, 1.54) is 5.56 Å². The van der Waals surface area contributed by atoms with Gasteiger partial charge in [0, 0.05) is 19.1 Å². The highest BCUT2D eigenvalue weighted by Crippen LogP contribution is 2.27. The highest BCUT2D eigenvalue weighted by atomic mass is 16.5. The molecule has 0 spiro atoms. The van der Waals surface area contributed by atoms with E-state index in [2.05, 4.69) is 49.5 Å². The Balaban J connectivity index is 2.92. The molecule has 0 bridgehead atoms. The molecule has 0 amide bonds. The lowest BCUT2D eigenvalue weighted by atomic mass is 9.78. The van der Waals surface area contributed by atoms with Crippen LogP contribution in [0.15, 0.2) is 30.3 Å². The van der Waals surface area contributed by atoms with Gasteiger partial charge in [0.05, 0.1) is 6.61 Å². The van der Waals surface area contributed by atoms with Gasteiger partial charge >= 0.3 is 0 Å². The molecule has 0 aliphatic rings. The van der Waals surface area contributed by atoms with Crippen molar-refractivity contribution in [3.63, 3.8) is 0 Å². The van der Waals surface area contributed by atoms with E-state index in [0.29, 0.717) is 0 Å². The highest BCUT2D eigenvalue weighted by molar-refractivity contribution is 5.26. The molecule has 90 valence electrons. The van der Waals surface area contributed by atoms with Crippen LogP contribution in [0.4, 0.5) is 0 Å². The van der Waals surface area contributed by atoms with Crippen LogP contribution in [0.3, 0.4) is 0 Å². The quantitative estimate of drug-likeness (QED) is 0.764. The number of likely N-dealkylation sites (N-methyl/N-ethyl adjacent to an activating group) is 1. The van der Waals surface area contributed by atoms with Crippen molar-refractivity contribution in [2.45, 2.75) is 25.7 Å². The van der Waals surface area contributed by atoms with Crippen molar-refractivity contribution in [1.82, 2.24) is 5.32 Å². The topological polar surface area (TPSA) is 21.3 Å². The Bertz CT molecular complexity index is 286. The third-order valence-corrected chi connectivity index (χ3v) is 3.20. The smallest absolute Gasteiger partial charge is 0.0571 e. The number of methoxy groups -OCH3 is 1. The summed E-state index contributed by atoms with van der Waals surface area (Å²) in [5, 5.41) is 3.44. The molecule has 1 unspecified atom stereocenters. The van der Waals surface area contributed by atoms with Gasteiger partial charge in [0.2, 0.25) is 0 Å². The maximum atomic E-state index is 5.41. The standard InChI is InChI=1S/C14H23NO/c1-4-14(12-16-3,11-15-5-2)13-9-7-6-8-10-13/h6-10,15H,4-5,11-12H2,1-3H3. The van der Waals surface area contributed by atoms with Crippen molar-refractivity contribution >= 4 is 0 Å². The Hall–Kier alpha value is -0.860. The third kappa shape index (κ3) is 3.06. The van der Waals surface area contributed by atoms with E-state index in [4.69, 9.17) is 4.74 Å². The van der Waals surface area contributed by atoms with Crippen LogP contribution in [0.1, 0.15) is 25.8 Å². The monoisotopic (exact) mass is 221 g/mol. The first-order valence-corrected chi connectivity index (χ1v) is 6.04. The normalized spacial score (nSPS) is 14.7. The van der Waals surface area contributed by atoms with Gasteiger partial charge in [-0.2, -0.15) is 0 Å². The summed E-state index contributed by atoms with van der Waals surface area (Å²) in [5.41, 5.74) is 1.46. The molecule has 0 aliphatic carbocycles. The largest absolute Gasteiger partial charge is 0.384 e. The number of hydrogen-bond acceptors (Lipinski definition) is 2. The summed E-state index contributed by atoms with van der Waals surface area (Å²) in [6, 6.07) is 10.6. The number of benzene rings is 1. The molecule has 0 aromatic heterocycles. The molecule has 0 saturated heterocycles. The van der Waals surface area contributed by atoms with Crippen LogP contribution in [0.25, 0.3) is 0 Å². The summed E-state index contributed by atoms with van der Waals surface area (Å²) in [4.78, 5) is 0. The van der Waals surface area contributed by atoms with Crippen molar-refractivity contribution in [2.24, 2.45) is 0 Å².